The van der Waals surface area contributed by atoms with Crippen LogP contribution in [0.3, 0.4) is 0 Å². The van der Waals surface area contributed by atoms with E-state index >= 15 is 0 Å². The van der Waals surface area contributed by atoms with Gasteiger partial charge in [-0.2, -0.15) is 0 Å². The Morgan fingerprint density at radius 3 is 0.423 bits per heavy atom. The number of nitrogens with one attached hydrogen (secondary N) is 4. The quantitative estimate of drug-likeness (QED) is 0.131. The Balaban J connectivity index is -0.000000967. The smallest absolute Gasteiger partial charge is 1.00 e. The molecular formula is C44H76CuK2N8O12Se4+4. The molecule has 6 fully saturated rings. The largest absolute Gasteiger partial charge is 2.00 e. The molecule has 27 heteroatoms. The molecule has 20 nitrogen and oxygen atoms in total. The van der Waals surface area contributed by atoms with Gasteiger partial charge in [-0.15, -0.1) is 0 Å². The average Bonchev–Trinajstić information content (AvgIpc) is 3.35. The van der Waals surface area contributed by atoms with Gasteiger partial charge in [-0.1, -0.05) is 0 Å². The second-order valence-corrected chi connectivity index (χ2v) is 18.5. The molecule has 6 heterocycles. The molecule has 0 aromatic heterocycles. The van der Waals surface area contributed by atoms with Gasteiger partial charge < -0.3 is 76.4 Å². The zero-order chi connectivity index (χ0) is 49.4. The maximum absolute atomic E-state index is 8.13. The molecule has 1 radical (unpaired) electrons. The zero-order valence-corrected chi connectivity index (χ0v) is 56.1. The van der Waals surface area contributed by atoms with Gasteiger partial charge in [0, 0.05) is 0 Å². The van der Waals surface area contributed by atoms with Crippen LogP contribution in [0.4, 0.5) is 0 Å². The summed E-state index contributed by atoms with van der Waals surface area (Å²) in [5.41, 5.74) is 0. The molecule has 0 spiro atoms. The number of allylic oxidation sites excluding steroid dienone is 4. The number of hydrogen-bond donors (Lipinski definition) is 4. The van der Waals surface area contributed by atoms with Gasteiger partial charge in [0.05, 0.1) is 159 Å². The third-order valence-corrected chi connectivity index (χ3v) is 14.0. The van der Waals surface area contributed by atoms with Crippen molar-refractivity contribution in [1.29, 1.82) is 21.0 Å². The number of rotatable bonds is 0. The van der Waals surface area contributed by atoms with Crippen molar-refractivity contribution >= 4 is 64.1 Å². The molecule has 397 valence electrons. The van der Waals surface area contributed by atoms with Crippen LogP contribution in [0.2, 0.25) is 0 Å². The monoisotopic (exact) mass is 1370 g/mol. The molecule has 6 aliphatic heterocycles. The molecule has 4 N–H and O–H groups in total. The first kappa shape index (κ1) is 77.9. The van der Waals surface area contributed by atoms with Gasteiger partial charge in [-0.25, -0.2) is 0 Å². The summed E-state index contributed by atoms with van der Waals surface area (Å²) >= 11 is 9.77. The van der Waals surface area contributed by atoms with E-state index in [0.717, 1.165) is 158 Å². The molecule has 0 amide bonds. The summed E-state index contributed by atoms with van der Waals surface area (Å²) in [5, 5.41) is 32.5. The standard InChI is InChI=1S/2C18H36N2O6.2C4H2N2Se2.Cu.2K/c2*1-7-21-13-14-24-10-4-20-5-11-25-17-15-22-8-2-19(1)3-9-23-16-18-26-12-6-20;2*5-1-3(7)4(8)2-6;;;/h2*1-18H2;2*7-8H;;;/q;;;;+2;2*+1/b;;2*4-3-;;;. The second kappa shape index (κ2) is 60.3. The van der Waals surface area contributed by atoms with Crippen molar-refractivity contribution in [2.75, 3.05) is 237 Å². The molecule has 0 aromatic carbocycles. The predicted octanol–water partition coefficient (Wildman–Crippen LogP) is -13.1. The Morgan fingerprint density at radius 1 is 0.239 bits per heavy atom. The third kappa shape index (κ3) is 50.6. The fourth-order valence-corrected chi connectivity index (χ4v) is 6.62. The number of fused-ring (bicyclic) bond motifs is 42. The Hall–Kier alpha value is 2.67. The summed E-state index contributed by atoms with van der Waals surface area (Å²) in [4.78, 5) is 5.76. The van der Waals surface area contributed by atoms with Crippen LogP contribution in [-0.4, -0.2) is 301 Å². The van der Waals surface area contributed by atoms with E-state index < -0.39 is 0 Å². The van der Waals surface area contributed by atoms with E-state index in [9.17, 15) is 0 Å². The molecular weight excluding hydrogens is 1290 g/mol. The van der Waals surface area contributed by atoms with Crippen molar-refractivity contribution in [1.82, 2.24) is 0 Å². The van der Waals surface area contributed by atoms with Crippen LogP contribution in [0.15, 0.2) is 17.9 Å². The first-order chi connectivity index (χ1) is 33.3. The van der Waals surface area contributed by atoms with Crippen LogP contribution < -0.4 is 122 Å². The number of nitrogens with zero attached hydrogens (tertiary/aromatic N) is 4. The Labute approximate surface area is 552 Å². The second-order valence-electron chi connectivity index (χ2n) is 15.1. The first-order valence-electron chi connectivity index (χ1n) is 23.4. The van der Waals surface area contributed by atoms with Crippen molar-refractivity contribution < 1.29 is 196 Å². The molecule has 71 heavy (non-hydrogen) atoms. The van der Waals surface area contributed by atoms with Crippen LogP contribution in [0.1, 0.15) is 0 Å². The van der Waals surface area contributed by atoms with Crippen LogP contribution in [0.25, 0.3) is 0 Å². The van der Waals surface area contributed by atoms with Crippen molar-refractivity contribution in [2.24, 2.45) is 0 Å². The molecule has 4 bridgehead atoms. The van der Waals surface area contributed by atoms with Gasteiger partial charge in [0.15, 0.2) is 0 Å². The third-order valence-electron chi connectivity index (χ3n) is 10.3. The minimum atomic E-state index is 0. The summed E-state index contributed by atoms with van der Waals surface area (Å²) in [6.45, 7) is 28.2. The van der Waals surface area contributed by atoms with Crippen LogP contribution >= 0.6 is 0 Å². The van der Waals surface area contributed by atoms with Crippen molar-refractivity contribution in [3.05, 3.63) is 17.9 Å². The van der Waals surface area contributed by atoms with Crippen molar-refractivity contribution in [2.45, 2.75) is 0 Å². The molecule has 6 rings (SSSR count). The summed E-state index contributed by atoms with van der Waals surface area (Å²) in [6, 6.07) is 7.14. The number of quaternary nitrogens is 4. The topological polar surface area (TPSA) is 224 Å². The van der Waals surface area contributed by atoms with Gasteiger partial charge >= 0.3 is 247 Å². The minimum Gasteiger partial charge on any atom is 1.00 e. The van der Waals surface area contributed by atoms with E-state index in [1.807, 2.05) is 0 Å². The summed E-state index contributed by atoms with van der Waals surface area (Å²) in [7, 11) is 0. The summed E-state index contributed by atoms with van der Waals surface area (Å²) in [6.07, 6.45) is 0. The van der Waals surface area contributed by atoms with Crippen molar-refractivity contribution in [3.63, 3.8) is 0 Å². The van der Waals surface area contributed by atoms with Gasteiger partial charge in [-0.05, 0) is 0 Å². The minimum absolute atomic E-state index is 0. The number of nitriles is 4. The molecule has 6 saturated heterocycles. The Kier molecular flexibility index (Phi) is 66.2. The van der Waals surface area contributed by atoms with Gasteiger partial charge in [0.25, 0.3) is 0 Å². The van der Waals surface area contributed by atoms with E-state index in [2.05, 4.69) is 64.1 Å². The van der Waals surface area contributed by atoms with E-state index in [-0.39, 0.29) is 120 Å². The zero-order valence-electron chi connectivity index (χ0n) is 42.1. The molecule has 6 aliphatic rings. The molecule has 0 aliphatic carbocycles. The molecule has 0 atom stereocenters. The van der Waals surface area contributed by atoms with E-state index in [0.29, 0.717) is 97.2 Å². The Morgan fingerprint density at radius 2 is 0.338 bits per heavy atom. The normalized spacial score (nSPS) is 24.7. The summed E-state index contributed by atoms with van der Waals surface area (Å²) < 4.78 is 70.0. The van der Waals surface area contributed by atoms with E-state index in [4.69, 9.17) is 77.9 Å². The van der Waals surface area contributed by atoms with Gasteiger partial charge in [0.1, 0.15) is 78.5 Å². The first-order valence-corrected chi connectivity index (χ1v) is 26.8. The molecule has 0 saturated carbocycles. The van der Waals surface area contributed by atoms with E-state index in [1.54, 1.807) is 24.3 Å². The van der Waals surface area contributed by atoms with Crippen LogP contribution in [-0.2, 0) is 73.9 Å². The number of ether oxygens (including phenoxy) is 12. The Bertz CT molecular complexity index is 1190. The molecule has 0 unspecified atom stereocenters. The van der Waals surface area contributed by atoms with Gasteiger partial charge in [0.2, 0.25) is 0 Å². The maximum Gasteiger partial charge on any atom is 2.00 e. The van der Waals surface area contributed by atoms with E-state index in [1.165, 1.54) is 19.6 Å². The molecule has 0 aromatic rings. The maximum atomic E-state index is 8.13. The van der Waals surface area contributed by atoms with Crippen molar-refractivity contribution in [3.8, 4) is 24.3 Å². The predicted molar refractivity (Wildman–Crippen MR) is 252 cm³/mol. The van der Waals surface area contributed by atoms with Gasteiger partial charge in [-0.3, -0.25) is 0 Å². The number of hydrogen-bond acceptors (Lipinski definition) is 16. The fraction of sp³-hybridized carbons (Fsp3) is 0.818. The summed E-state index contributed by atoms with van der Waals surface area (Å²) in [5.74, 6) is 0. The fourth-order valence-electron chi connectivity index (χ4n) is 6.23. The SMILES string of the molecule is C1COCC[NH+]2CCOCCOCC[NH+](CCO1)CCOCCOCC2.C1COCC[NH+]2CCOCCOCC[NH+](CCO1)CCOCCOCC2.N#C/C([Se-])=C(/[Se-])C#N.N#C/C([Se-])=C(/[Se-])C#N.[Cu+2].[K+].[K+]. The van der Waals surface area contributed by atoms with Crippen LogP contribution in [0, 0.1) is 45.3 Å². The average molecular weight is 1370 g/mol. The van der Waals surface area contributed by atoms with Crippen LogP contribution in [0.5, 0.6) is 0 Å².